The zero-order chi connectivity index (χ0) is 18.2. The van der Waals surface area contributed by atoms with Gasteiger partial charge >= 0.3 is 6.18 Å². The first-order valence-corrected chi connectivity index (χ1v) is 7.91. The van der Waals surface area contributed by atoms with Gasteiger partial charge in [0.25, 0.3) is 0 Å². The Hall–Kier alpha value is -2.50. The van der Waals surface area contributed by atoms with Gasteiger partial charge in [0, 0.05) is 22.7 Å². The molecule has 0 aliphatic rings. The van der Waals surface area contributed by atoms with Crippen molar-refractivity contribution in [3.05, 3.63) is 48.3 Å². The van der Waals surface area contributed by atoms with Crippen LogP contribution in [0.5, 0.6) is 5.75 Å². The molecule has 0 aliphatic heterocycles. The number of hydrogen-bond acceptors (Lipinski definition) is 2. The Kier molecular flexibility index (Phi) is 4.22. The molecule has 2 aromatic heterocycles. The van der Waals surface area contributed by atoms with E-state index in [0.29, 0.717) is 29.0 Å². The number of fused-ring (bicyclic) bond motifs is 1. The molecule has 0 atom stereocenters. The van der Waals surface area contributed by atoms with Gasteiger partial charge in [0.05, 0.1) is 24.1 Å². The van der Waals surface area contributed by atoms with Crippen molar-refractivity contribution in [1.82, 2.24) is 9.97 Å². The summed E-state index contributed by atoms with van der Waals surface area (Å²) in [5.41, 5.74) is 1.42. The molecule has 0 saturated carbocycles. The fourth-order valence-electron chi connectivity index (χ4n) is 2.47. The number of hydrogen-bond donors (Lipinski definition) is 1. The second kappa shape index (κ2) is 6.10. The van der Waals surface area contributed by atoms with Gasteiger partial charge < -0.3 is 9.72 Å². The summed E-state index contributed by atoms with van der Waals surface area (Å²) in [5, 5.41) is 0.503. The number of ether oxygens (including phenoxy) is 1. The van der Waals surface area contributed by atoms with E-state index in [1.54, 1.807) is 24.5 Å². The molecule has 0 amide bonds. The second-order valence-electron chi connectivity index (χ2n) is 7.20. The Morgan fingerprint density at radius 2 is 1.84 bits per heavy atom. The lowest BCUT2D eigenvalue weighted by molar-refractivity contribution is -0.137. The maximum atomic E-state index is 12.9. The van der Waals surface area contributed by atoms with Crippen LogP contribution in [-0.4, -0.2) is 16.6 Å². The van der Waals surface area contributed by atoms with Gasteiger partial charge in [-0.2, -0.15) is 13.2 Å². The van der Waals surface area contributed by atoms with Gasteiger partial charge in [0.1, 0.15) is 5.75 Å². The van der Waals surface area contributed by atoms with E-state index in [-0.39, 0.29) is 5.41 Å². The van der Waals surface area contributed by atoms with Crippen molar-refractivity contribution < 1.29 is 17.9 Å². The maximum Gasteiger partial charge on any atom is 0.416 e. The minimum atomic E-state index is -4.36. The van der Waals surface area contributed by atoms with Gasteiger partial charge in [-0.05, 0) is 35.7 Å². The summed E-state index contributed by atoms with van der Waals surface area (Å²) in [6.07, 6.45) is -1.11. The smallest absolute Gasteiger partial charge is 0.416 e. The summed E-state index contributed by atoms with van der Waals surface area (Å²) >= 11 is 0. The van der Waals surface area contributed by atoms with E-state index >= 15 is 0 Å². The number of aromatic amines is 1. The quantitative estimate of drug-likeness (QED) is 0.662. The molecule has 1 N–H and O–H groups in total. The van der Waals surface area contributed by atoms with Crippen molar-refractivity contribution in [3.63, 3.8) is 0 Å². The summed E-state index contributed by atoms with van der Waals surface area (Å²) < 4.78 is 44.5. The van der Waals surface area contributed by atoms with Crippen molar-refractivity contribution >= 4 is 10.9 Å². The van der Waals surface area contributed by atoms with Crippen LogP contribution >= 0.6 is 0 Å². The number of rotatable bonds is 3. The third-order valence-electron chi connectivity index (χ3n) is 3.68. The molecule has 0 fully saturated rings. The zero-order valence-electron chi connectivity index (χ0n) is 14.2. The highest BCUT2D eigenvalue weighted by Gasteiger charge is 2.30. The number of halogens is 3. The van der Waals surface area contributed by atoms with E-state index in [1.165, 1.54) is 6.07 Å². The van der Waals surface area contributed by atoms with E-state index in [2.05, 4.69) is 30.7 Å². The van der Waals surface area contributed by atoms with Gasteiger partial charge in [0.15, 0.2) is 0 Å². The molecule has 3 rings (SSSR count). The third-order valence-corrected chi connectivity index (χ3v) is 3.68. The van der Waals surface area contributed by atoms with Gasteiger partial charge in [-0.1, -0.05) is 20.8 Å². The molecule has 3 aromatic rings. The first-order chi connectivity index (χ1) is 11.6. The molecule has 0 bridgehead atoms. The van der Waals surface area contributed by atoms with Crippen molar-refractivity contribution in [2.24, 2.45) is 5.41 Å². The van der Waals surface area contributed by atoms with E-state index in [0.717, 1.165) is 17.7 Å². The highest BCUT2D eigenvalue weighted by molar-refractivity contribution is 5.87. The molecule has 0 spiro atoms. The number of H-pyrrole nitrogens is 1. The number of aromatic nitrogens is 2. The van der Waals surface area contributed by atoms with E-state index in [9.17, 15) is 13.2 Å². The van der Waals surface area contributed by atoms with Crippen LogP contribution in [0, 0.1) is 5.41 Å². The molecular weight excluding hydrogens is 329 g/mol. The maximum absolute atomic E-state index is 12.9. The summed E-state index contributed by atoms with van der Waals surface area (Å²) in [6, 6.07) is 7.15. The van der Waals surface area contributed by atoms with Crippen LogP contribution < -0.4 is 4.74 Å². The number of benzene rings is 1. The third kappa shape index (κ3) is 3.95. The minimum absolute atomic E-state index is 0.0187. The average Bonchev–Trinajstić information content (AvgIpc) is 2.94. The highest BCUT2D eigenvalue weighted by atomic mass is 19.4. The number of nitrogens with zero attached hydrogens (tertiary/aromatic N) is 1. The number of nitrogens with one attached hydrogen (secondary N) is 1. The van der Waals surface area contributed by atoms with Crippen LogP contribution in [0.2, 0.25) is 0 Å². The predicted octanol–water partition coefficient (Wildman–Crippen LogP) is 5.67. The highest BCUT2D eigenvalue weighted by Crippen LogP contribution is 2.35. The largest absolute Gasteiger partial charge is 0.491 e. The van der Waals surface area contributed by atoms with Crippen LogP contribution in [0.15, 0.2) is 42.7 Å². The topological polar surface area (TPSA) is 37.9 Å². The van der Waals surface area contributed by atoms with Gasteiger partial charge in [-0.15, -0.1) is 0 Å². The molecule has 0 unspecified atom stereocenters. The Morgan fingerprint density at radius 3 is 2.52 bits per heavy atom. The molecule has 25 heavy (non-hydrogen) atoms. The Labute approximate surface area is 143 Å². The molecular formula is C19H19F3N2O. The first-order valence-electron chi connectivity index (χ1n) is 7.91. The Balaban J connectivity index is 1.99. The van der Waals surface area contributed by atoms with E-state index < -0.39 is 11.7 Å². The molecule has 6 heteroatoms. The van der Waals surface area contributed by atoms with Crippen molar-refractivity contribution in [2.75, 3.05) is 6.61 Å². The van der Waals surface area contributed by atoms with Crippen molar-refractivity contribution in [3.8, 4) is 17.0 Å². The minimum Gasteiger partial charge on any atom is -0.491 e. The number of pyridine rings is 1. The van der Waals surface area contributed by atoms with Gasteiger partial charge in [0.2, 0.25) is 0 Å². The van der Waals surface area contributed by atoms with Crippen LogP contribution in [0.4, 0.5) is 13.2 Å². The van der Waals surface area contributed by atoms with Crippen LogP contribution in [0.3, 0.4) is 0 Å². The molecule has 3 nitrogen and oxygen atoms in total. The summed E-state index contributed by atoms with van der Waals surface area (Å²) in [6.45, 7) is 6.68. The summed E-state index contributed by atoms with van der Waals surface area (Å²) in [7, 11) is 0. The molecule has 132 valence electrons. The van der Waals surface area contributed by atoms with Crippen LogP contribution in [0.25, 0.3) is 22.2 Å². The fourth-order valence-corrected chi connectivity index (χ4v) is 2.47. The van der Waals surface area contributed by atoms with E-state index in [4.69, 9.17) is 4.74 Å². The summed E-state index contributed by atoms with van der Waals surface area (Å²) in [5.74, 6) is 0.597. The average molecular weight is 348 g/mol. The van der Waals surface area contributed by atoms with E-state index in [1.807, 2.05) is 0 Å². The zero-order valence-corrected chi connectivity index (χ0v) is 14.2. The van der Waals surface area contributed by atoms with Crippen LogP contribution in [0.1, 0.15) is 26.3 Å². The predicted molar refractivity (Wildman–Crippen MR) is 91.5 cm³/mol. The molecule has 0 aliphatic carbocycles. The lowest BCUT2D eigenvalue weighted by atomic mass is 9.98. The standard InChI is InChI=1S/C19H19F3N2O/c1-18(2,3)11-25-17-10-23-7-6-14(17)16-9-12-8-13(19(20,21)22)4-5-15(12)24-16/h4-10,24H,11H2,1-3H3. The lowest BCUT2D eigenvalue weighted by Crippen LogP contribution is -2.17. The van der Waals surface area contributed by atoms with Crippen molar-refractivity contribution in [2.45, 2.75) is 26.9 Å². The molecule has 2 heterocycles. The van der Waals surface area contributed by atoms with Crippen LogP contribution in [-0.2, 0) is 6.18 Å². The Morgan fingerprint density at radius 1 is 1.08 bits per heavy atom. The normalized spacial score (nSPS) is 12.6. The molecule has 1 aromatic carbocycles. The summed E-state index contributed by atoms with van der Waals surface area (Å²) in [4.78, 5) is 7.24. The molecule has 0 radical (unpaired) electrons. The fraction of sp³-hybridized carbons (Fsp3) is 0.316. The lowest BCUT2D eigenvalue weighted by Gasteiger charge is -2.19. The first kappa shape index (κ1) is 17.3. The Bertz CT molecular complexity index is 892. The van der Waals surface area contributed by atoms with Gasteiger partial charge in [-0.25, -0.2) is 0 Å². The molecule has 0 saturated heterocycles. The van der Waals surface area contributed by atoms with Crippen molar-refractivity contribution in [1.29, 1.82) is 0 Å². The monoisotopic (exact) mass is 348 g/mol. The SMILES string of the molecule is CC(C)(C)COc1cnccc1-c1cc2cc(C(F)(F)F)ccc2[nH]1. The number of alkyl halides is 3. The second-order valence-corrected chi connectivity index (χ2v) is 7.20. The van der Waals surface area contributed by atoms with Gasteiger partial charge in [-0.3, -0.25) is 4.98 Å².